The first-order valence-corrected chi connectivity index (χ1v) is 6.48. The van der Waals surface area contributed by atoms with Crippen molar-refractivity contribution in [2.75, 3.05) is 19.7 Å². The molecule has 4 heteroatoms. The summed E-state index contributed by atoms with van der Waals surface area (Å²) in [7, 11) is 0. The van der Waals surface area contributed by atoms with Crippen LogP contribution in [-0.4, -0.2) is 41.9 Å². The third-order valence-electron chi connectivity index (χ3n) is 2.97. The molecule has 0 aliphatic carbocycles. The predicted octanol–water partition coefficient (Wildman–Crippen LogP) is 2.41. The minimum absolute atomic E-state index is 0.280. The van der Waals surface area contributed by atoms with Crippen molar-refractivity contribution < 1.29 is 14.6 Å². The second-order valence-corrected chi connectivity index (χ2v) is 6.02. The summed E-state index contributed by atoms with van der Waals surface area (Å²) in [4.78, 5) is 13.1. The maximum Gasteiger partial charge on any atom is 0.409 e. The van der Waals surface area contributed by atoms with Gasteiger partial charge in [0.15, 0.2) is 0 Å². The van der Waals surface area contributed by atoms with Crippen LogP contribution in [0.3, 0.4) is 0 Å². The van der Waals surface area contributed by atoms with Gasteiger partial charge in [-0.3, -0.25) is 0 Å². The highest BCUT2D eigenvalue weighted by Crippen LogP contribution is 2.21. The average Bonchev–Trinajstić information content (AvgIpc) is 2.62. The predicted molar refractivity (Wildman–Crippen MR) is 66.9 cm³/mol. The minimum Gasteiger partial charge on any atom is -0.449 e. The first kappa shape index (κ1) is 14.3. The summed E-state index contributed by atoms with van der Waals surface area (Å²) in [5.74, 6) is 0. The Labute approximate surface area is 104 Å². The van der Waals surface area contributed by atoms with E-state index in [0.29, 0.717) is 31.5 Å². The molecule has 0 spiro atoms. The number of aliphatic hydroxyl groups is 1. The molecule has 0 aromatic heterocycles. The van der Waals surface area contributed by atoms with Crippen LogP contribution in [0.5, 0.6) is 0 Å². The third kappa shape index (κ3) is 5.91. The Balaban J connectivity index is 2.05. The summed E-state index contributed by atoms with van der Waals surface area (Å²) in [6.45, 7) is 8.16. The van der Waals surface area contributed by atoms with Crippen LogP contribution in [0.25, 0.3) is 0 Å². The van der Waals surface area contributed by atoms with Gasteiger partial charge in [0, 0.05) is 13.1 Å². The van der Waals surface area contributed by atoms with Crippen LogP contribution in [0.4, 0.5) is 4.79 Å². The molecule has 0 bridgehead atoms. The largest absolute Gasteiger partial charge is 0.449 e. The van der Waals surface area contributed by atoms with E-state index in [0.717, 1.165) is 19.3 Å². The Hall–Kier alpha value is -0.770. The Bertz CT molecular complexity index is 248. The highest BCUT2D eigenvalue weighted by molar-refractivity contribution is 5.67. The van der Waals surface area contributed by atoms with Crippen LogP contribution >= 0.6 is 0 Å². The number of amides is 1. The molecule has 1 atom stereocenters. The van der Waals surface area contributed by atoms with E-state index in [1.165, 1.54) is 0 Å². The van der Waals surface area contributed by atoms with E-state index in [1.807, 2.05) is 0 Å². The summed E-state index contributed by atoms with van der Waals surface area (Å²) >= 11 is 0. The number of carbonyl (C=O) groups is 1. The molecule has 100 valence electrons. The molecule has 1 amide bonds. The molecule has 0 aromatic rings. The molecule has 1 aliphatic rings. The van der Waals surface area contributed by atoms with E-state index in [-0.39, 0.29) is 12.2 Å². The lowest BCUT2D eigenvalue weighted by Gasteiger charge is -2.18. The van der Waals surface area contributed by atoms with Gasteiger partial charge in [-0.2, -0.15) is 0 Å². The fourth-order valence-electron chi connectivity index (χ4n) is 1.92. The number of hydrogen-bond donors (Lipinski definition) is 1. The van der Waals surface area contributed by atoms with Crippen molar-refractivity contribution in [2.24, 2.45) is 5.41 Å². The number of β-amino-alcohol motifs (C(OH)–C–C–N with tert-alkyl or cyclic N) is 1. The molecular formula is C13H25NO3. The molecule has 0 saturated carbocycles. The summed E-state index contributed by atoms with van der Waals surface area (Å²) in [6.07, 6.45) is 3.16. The fourth-order valence-corrected chi connectivity index (χ4v) is 1.92. The Morgan fingerprint density at radius 1 is 1.41 bits per heavy atom. The molecule has 1 saturated heterocycles. The fraction of sp³-hybridized carbons (Fsp3) is 0.923. The van der Waals surface area contributed by atoms with Gasteiger partial charge in [-0.1, -0.05) is 20.8 Å². The van der Waals surface area contributed by atoms with Gasteiger partial charge in [0.25, 0.3) is 0 Å². The van der Waals surface area contributed by atoms with Crippen molar-refractivity contribution >= 4 is 6.09 Å². The minimum atomic E-state index is -0.372. The van der Waals surface area contributed by atoms with Crippen LogP contribution in [0.2, 0.25) is 0 Å². The number of rotatable bonds is 4. The molecule has 4 nitrogen and oxygen atoms in total. The number of carbonyl (C=O) groups excluding carboxylic acids is 1. The molecule has 0 radical (unpaired) electrons. The van der Waals surface area contributed by atoms with Crippen molar-refractivity contribution in [1.82, 2.24) is 4.90 Å². The number of unbranched alkanes of at least 4 members (excludes halogenated alkanes) is 1. The monoisotopic (exact) mass is 243 g/mol. The lowest BCUT2D eigenvalue weighted by Crippen LogP contribution is -2.30. The number of hydrogen-bond acceptors (Lipinski definition) is 3. The van der Waals surface area contributed by atoms with E-state index >= 15 is 0 Å². The Morgan fingerprint density at radius 3 is 2.65 bits per heavy atom. The third-order valence-corrected chi connectivity index (χ3v) is 2.97. The van der Waals surface area contributed by atoms with Crippen molar-refractivity contribution in [3.63, 3.8) is 0 Å². The zero-order valence-corrected chi connectivity index (χ0v) is 11.2. The molecule has 17 heavy (non-hydrogen) atoms. The number of ether oxygens (including phenoxy) is 1. The maximum atomic E-state index is 11.5. The Morgan fingerprint density at radius 2 is 2.12 bits per heavy atom. The maximum absolute atomic E-state index is 11.5. The van der Waals surface area contributed by atoms with Gasteiger partial charge in [-0.25, -0.2) is 4.79 Å². The van der Waals surface area contributed by atoms with Crippen molar-refractivity contribution in [2.45, 2.75) is 52.6 Å². The van der Waals surface area contributed by atoms with Crippen LogP contribution in [0.15, 0.2) is 0 Å². The SMILES string of the molecule is CC(C)(C)CCCCOC(=O)N1CCC(O)C1. The van der Waals surface area contributed by atoms with E-state index in [4.69, 9.17) is 4.74 Å². The van der Waals surface area contributed by atoms with Gasteiger partial charge in [-0.15, -0.1) is 0 Å². The van der Waals surface area contributed by atoms with Crippen LogP contribution in [-0.2, 0) is 4.74 Å². The molecule has 1 fully saturated rings. The standard InChI is InChI=1S/C13H25NO3/c1-13(2,3)7-4-5-9-17-12(16)14-8-6-11(15)10-14/h11,15H,4-10H2,1-3H3. The van der Waals surface area contributed by atoms with Crippen molar-refractivity contribution in [1.29, 1.82) is 0 Å². The molecule has 1 unspecified atom stereocenters. The summed E-state index contributed by atoms with van der Waals surface area (Å²) < 4.78 is 5.16. The van der Waals surface area contributed by atoms with Gasteiger partial charge in [-0.05, 0) is 31.1 Å². The summed E-state index contributed by atoms with van der Waals surface area (Å²) in [6, 6.07) is 0. The lowest BCUT2D eigenvalue weighted by atomic mass is 9.90. The summed E-state index contributed by atoms with van der Waals surface area (Å²) in [5, 5.41) is 9.30. The highest BCUT2D eigenvalue weighted by atomic mass is 16.6. The van der Waals surface area contributed by atoms with Gasteiger partial charge >= 0.3 is 6.09 Å². The molecular weight excluding hydrogens is 218 g/mol. The van der Waals surface area contributed by atoms with Crippen molar-refractivity contribution in [3.05, 3.63) is 0 Å². The van der Waals surface area contributed by atoms with Gasteiger partial charge in [0.1, 0.15) is 0 Å². The molecule has 0 aromatic carbocycles. The van der Waals surface area contributed by atoms with Gasteiger partial charge in [0.05, 0.1) is 12.7 Å². The smallest absolute Gasteiger partial charge is 0.409 e. The van der Waals surface area contributed by atoms with Gasteiger partial charge in [0.2, 0.25) is 0 Å². The van der Waals surface area contributed by atoms with Crippen LogP contribution in [0, 0.1) is 5.41 Å². The van der Waals surface area contributed by atoms with E-state index in [2.05, 4.69) is 20.8 Å². The number of nitrogens with zero attached hydrogens (tertiary/aromatic N) is 1. The first-order chi connectivity index (χ1) is 7.88. The van der Waals surface area contributed by atoms with E-state index in [9.17, 15) is 9.90 Å². The second kappa shape index (κ2) is 6.24. The van der Waals surface area contributed by atoms with Crippen LogP contribution in [0.1, 0.15) is 46.5 Å². The average molecular weight is 243 g/mol. The normalized spacial score (nSPS) is 20.7. The quantitative estimate of drug-likeness (QED) is 0.771. The molecule has 1 rings (SSSR count). The first-order valence-electron chi connectivity index (χ1n) is 6.48. The molecule has 1 N–H and O–H groups in total. The zero-order valence-electron chi connectivity index (χ0n) is 11.2. The molecule has 1 aliphatic heterocycles. The van der Waals surface area contributed by atoms with E-state index < -0.39 is 0 Å². The highest BCUT2D eigenvalue weighted by Gasteiger charge is 2.25. The van der Waals surface area contributed by atoms with Gasteiger partial charge < -0.3 is 14.7 Å². The molecule has 1 heterocycles. The Kier molecular flexibility index (Phi) is 5.25. The number of likely N-dealkylation sites (tertiary alicyclic amines) is 1. The second-order valence-electron chi connectivity index (χ2n) is 6.02. The van der Waals surface area contributed by atoms with E-state index in [1.54, 1.807) is 4.90 Å². The van der Waals surface area contributed by atoms with Crippen LogP contribution < -0.4 is 0 Å². The lowest BCUT2D eigenvalue weighted by molar-refractivity contribution is 0.100. The summed E-state index contributed by atoms with van der Waals surface area (Å²) in [5.41, 5.74) is 0.350. The van der Waals surface area contributed by atoms with Crippen molar-refractivity contribution in [3.8, 4) is 0 Å². The zero-order chi connectivity index (χ0) is 12.9. The number of aliphatic hydroxyl groups excluding tert-OH is 1. The topological polar surface area (TPSA) is 49.8 Å².